The standard InChI is InChI=1S/C19H30O2/c1-18-9-7-13(20)11-12(18)3-4-14-15-5-6-17(21)19(15,2)10-8-16(14)18/h12,14-17,21H,3-11H2,1-2H3/t12-,14-,15?,16?,17-,18-,19-/m0/s1. The minimum atomic E-state index is -0.0677. The molecule has 0 amide bonds. The molecule has 0 aromatic carbocycles. The van der Waals surface area contributed by atoms with E-state index in [4.69, 9.17) is 0 Å². The lowest BCUT2D eigenvalue weighted by Crippen LogP contribution is -2.54. The highest BCUT2D eigenvalue weighted by molar-refractivity contribution is 5.79. The third kappa shape index (κ3) is 1.84. The van der Waals surface area contributed by atoms with Gasteiger partial charge in [-0.2, -0.15) is 0 Å². The molecule has 1 N–H and O–H groups in total. The Bertz CT molecular complexity index is 458. The van der Waals surface area contributed by atoms with Gasteiger partial charge >= 0.3 is 0 Å². The Morgan fingerprint density at radius 2 is 1.71 bits per heavy atom. The Labute approximate surface area is 128 Å². The Balaban J connectivity index is 1.64. The summed E-state index contributed by atoms with van der Waals surface area (Å²) in [5, 5.41) is 10.5. The Morgan fingerprint density at radius 3 is 2.52 bits per heavy atom. The lowest BCUT2D eigenvalue weighted by molar-refractivity contribution is -0.141. The fourth-order valence-electron chi connectivity index (χ4n) is 7.02. The zero-order chi connectivity index (χ0) is 14.8. The number of hydrogen-bond acceptors (Lipinski definition) is 2. The van der Waals surface area contributed by atoms with Gasteiger partial charge in [0.15, 0.2) is 0 Å². The molecule has 4 saturated carbocycles. The van der Waals surface area contributed by atoms with E-state index in [1.54, 1.807) is 0 Å². The van der Waals surface area contributed by atoms with Crippen molar-refractivity contribution in [2.75, 3.05) is 0 Å². The lowest BCUT2D eigenvalue weighted by Gasteiger charge is -2.60. The van der Waals surface area contributed by atoms with E-state index in [9.17, 15) is 9.90 Å². The Hall–Kier alpha value is -0.370. The summed E-state index contributed by atoms with van der Waals surface area (Å²) in [5.74, 6) is 3.52. The van der Waals surface area contributed by atoms with E-state index in [1.165, 1.54) is 32.1 Å². The molecule has 2 nitrogen and oxygen atoms in total. The maximum absolute atomic E-state index is 11.9. The van der Waals surface area contributed by atoms with E-state index in [2.05, 4.69) is 13.8 Å². The number of rotatable bonds is 0. The number of Topliss-reactive ketones (excluding diaryl/α,β-unsaturated/α-hetero) is 1. The van der Waals surface area contributed by atoms with Crippen molar-refractivity contribution in [2.24, 2.45) is 34.5 Å². The molecule has 4 rings (SSSR count). The van der Waals surface area contributed by atoms with Gasteiger partial charge in [0.1, 0.15) is 5.78 Å². The molecule has 4 fully saturated rings. The van der Waals surface area contributed by atoms with Crippen LogP contribution in [0, 0.1) is 34.5 Å². The second-order valence-electron chi connectivity index (χ2n) is 9.04. The number of aliphatic hydroxyl groups is 1. The molecule has 0 aromatic rings. The van der Waals surface area contributed by atoms with E-state index >= 15 is 0 Å². The highest BCUT2D eigenvalue weighted by Gasteiger charge is 2.59. The monoisotopic (exact) mass is 290 g/mol. The third-order valence-electron chi connectivity index (χ3n) is 8.43. The molecule has 0 heterocycles. The van der Waals surface area contributed by atoms with E-state index in [0.717, 1.165) is 43.4 Å². The zero-order valence-electron chi connectivity index (χ0n) is 13.6. The van der Waals surface area contributed by atoms with Gasteiger partial charge in [-0.15, -0.1) is 0 Å². The fraction of sp³-hybridized carbons (Fsp3) is 0.947. The van der Waals surface area contributed by atoms with Crippen molar-refractivity contribution in [3.8, 4) is 0 Å². The van der Waals surface area contributed by atoms with Gasteiger partial charge in [0.25, 0.3) is 0 Å². The van der Waals surface area contributed by atoms with E-state index < -0.39 is 0 Å². The summed E-state index contributed by atoms with van der Waals surface area (Å²) >= 11 is 0. The summed E-state index contributed by atoms with van der Waals surface area (Å²) in [4.78, 5) is 11.9. The normalized spacial score (nSPS) is 56.5. The summed E-state index contributed by atoms with van der Waals surface area (Å²) in [6, 6.07) is 0. The van der Waals surface area contributed by atoms with Crippen LogP contribution in [0.4, 0.5) is 0 Å². The molecule has 2 heteroatoms. The highest BCUT2D eigenvalue weighted by Crippen LogP contribution is 2.65. The first-order valence-corrected chi connectivity index (χ1v) is 9.15. The van der Waals surface area contributed by atoms with Gasteiger partial charge in [0.2, 0.25) is 0 Å². The number of fused-ring (bicyclic) bond motifs is 5. The van der Waals surface area contributed by atoms with Crippen LogP contribution in [0.5, 0.6) is 0 Å². The molecule has 0 aromatic heterocycles. The van der Waals surface area contributed by atoms with Crippen LogP contribution in [0.15, 0.2) is 0 Å². The number of ketones is 1. The van der Waals surface area contributed by atoms with Gasteiger partial charge < -0.3 is 5.11 Å². The minimum Gasteiger partial charge on any atom is -0.393 e. The molecule has 4 aliphatic carbocycles. The smallest absolute Gasteiger partial charge is 0.133 e. The molecule has 2 unspecified atom stereocenters. The molecule has 118 valence electrons. The summed E-state index contributed by atoms with van der Waals surface area (Å²) in [7, 11) is 0. The molecule has 0 radical (unpaired) electrons. The van der Waals surface area contributed by atoms with E-state index in [1.807, 2.05) is 0 Å². The van der Waals surface area contributed by atoms with Crippen molar-refractivity contribution in [1.29, 1.82) is 0 Å². The topological polar surface area (TPSA) is 37.3 Å². The van der Waals surface area contributed by atoms with Crippen LogP contribution in [-0.4, -0.2) is 17.0 Å². The average Bonchev–Trinajstić information content (AvgIpc) is 2.76. The van der Waals surface area contributed by atoms with Gasteiger partial charge in [-0.25, -0.2) is 0 Å². The first kappa shape index (κ1) is 14.2. The zero-order valence-corrected chi connectivity index (χ0v) is 13.6. The van der Waals surface area contributed by atoms with Crippen molar-refractivity contribution in [3.05, 3.63) is 0 Å². The van der Waals surface area contributed by atoms with E-state index in [0.29, 0.717) is 17.1 Å². The summed E-state index contributed by atoms with van der Waals surface area (Å²) in [6.45, 7) is 4.85. The Kier molecular flexibility index (Phi) is 3.10. The quantitative estimate of drug-likeness (QED) is 0.733. The van der Waals surface area contributed by atoms with Crippen molar-refractivity contribution in [3.63, 3.8) is 0 Å². The van der Waals surface area contributed by atoms with Crippen molar-refractivity contribution < 1.29 is 9.90 Å². The second-order valence-corrected chi connectivity index (χ2v) is 9.04. The molecular weight excluding hydrogens is 260 g/mol. The highest BCUT2D eigenvalue weighted by atomic mass is 16.3. The number of carbonyl (C=O) groups excluding carboxylic acids is 1. The predicted octanol–water partition coefficient (Wildman–Crippen LogP) is 3.96. The molecule has 0 bridgehead atoms. The maximum Gasteiger partial charge on any atom is 0.133 e. The van der Waals surface area contributed by atoms with Gasteiger partial charge in [-0.3, -0.25) is 4.79 Å². The summed E-state index contributed by atoms with van der Waals surface area (Å²) < 4.78 is 0. The predicted molar refractivity (Wildman–Crippen MR) is 82.7 cm³/mol. The largest absolute Gasteiger partial charge is 0.393 e. The van der Waals surface area contributed by atoms with Gasteiger partial charge in [-0.05, 0) is 79.4 Å². The molecule has 4 aliphatic rings. The van der Waals surface area contributed by atoms with Crippen LogP contribution in [0.25, 0.3) is 0 Å². The average molecular weight is 290 g/mol. The van der Waals surface area contributed by atoms with Crippen LogP contribution in [0.1, 0.15) is 71.6 Å². The van der Waals surface area contributed by atoms with Crippen LogP contribution in [0.3, 0.4) is 0 Å². The van der Waals surface area contributed by atoms with Crippen molar-refractivity contribution >= 4 is 5.78 Å². The maximum atomic E-state index is 11.9. The van der Waals surface area contributed by atoms with Crippen LogP contribution in [0.2, 0.25) is 0 Å². The SMILES string of the molecule is C[C@]12CCC3[C@@H](CC[C@H]4CC(=O)CC[C@]34C)C1CC[C@@H]2O. The van der Waals surface area contributed by atoms with E-state index in [-0.39, 0.29) is 11.5 Å². The molecule has 0 aliphatic heterocycles. The Morgan fingerprint density at radius 1 is 0.952 bits per heavy atom. The molecule has 7 atom stereocenters. The van der Waals surface area contributed by atoms with Gasteiger partial charge in [0, 0.05) is 12.8 Å². The lowest BCUT2D eigenvalue weighted by atomic mass is 9.45. The molecule has 0 saturated heterocycles. The molecular formula is C19H30O2. The van der Waals surface area contributed by atoms with Gasteiger partial charge in [0.05, 0.1) is 6.10 Å². The number of hydrogen-bond donors (Lipinski definition) is 1. The fourth-order valence-corrected chi connectivity index (χ4v) is 7.02. The summed E-state index contributed by atoms with van der Waals surface area (Å²) in [5.41, 5.74) is 0.598. The van der Waals surface area contributed by atoms with Crippen molar-refractivity contribution in [1.82, 2.24) is 0 Å². The number of carbonyl (C=O) groups is 1. The van der Waals surface area contributed by atoms with Crippen molar-refractivity contribution in [2.45, 2.75) is 77.7 Å². The first-order valence-electron chi connectivity index (χ1n) is 9.15. The van der Waals surface area contributed by atoms with Crippen LogP contribution < -0.4 is 0 Å². The molecule has 21 heavy (non-hydrogen) atoms. The van der Waals surface area contributed by atoms with Gasteiger partial charge in [-0.1, -0.05) is 13.8 Å². The van der Waals surface area contributed by atoms with Crippen LogP contribution in [-0.2, 0) is 4.79 Å². The molecule has 0 spiro atoms. The number of aliphatic hydroxyl groups excluding tert-OH is 1. The third-order valence-corrected chi connectivity index (χ3v) is 8.43. The first-order chi connectivity index (χ1) is 9.95. The van der Waals surface area contributed by atoms with Crippen LogP contribution >= 0.6 is 0 Å². The second kappa shape index (κ2) is 4.57. The minimum absolute atomic E-state index is 0.0677. The summed E-state index contributed by atoms with van der Waals surface area (Å²) in [6.07, 6.45) is 10.0.